The van der Waals surface area contributed by atoms with E-state index in [4.69, 9.17) is 0 Å². The van der Waals surface area contributed by atoms with Gasteiger partial charge in [-0.1, -0.05) is 38.1 Å². The maximum Gasteiger partial charge on any atom is 0.0210 e. The van der Waals surface area contributed by atoms with Crippen LogP contribution in [0.5, 0.6) is 0 Å². The average molecular weight is 251 g/mol. The van der Waals surface area contributed by atoms with Crippen LogP contribution < -0.4 is 5.32 Å². The average Bonchev–Trinajstić information content (AvgIpc) is 2.37. The van der Waals surface area contributed by atoms with Crippen LogP contribution in [-0.2, 0) is 13.0 Å². The van der Waals surface area contributed by atoms with Crippen LogP contribution in [0, 0.1) is 0 Å². The molecule has 1 aromatic carbocycles. The largest absolute Gasteiger partial charge is 0.310 e. The molecule has 0 radical (unpaired) electrons. The molecule has 0 heterocycles. The van der Waals surface area contributed by atoms with E-state index in [1.807, 2.05) is 11.8 Å². The standard InChI is InChI=1S/C15H25NS/c1-4-14-8-6-7-9-15(14)12-16-13(3)10-11-17-5-2/h6-9,13,16H,4-5,10-12H2,1-3H3. The van der Waals surface area contributed by atoms with Crippen LogP contribution in [0.1, 0.15) is 38.3 Å². The first-order chi connectivity index (χ1) is 8.27. The topological polar surface area (TPSA) is 12.0 Å². The van der Waals surface area contributed by atoms with Crippen LogP contribution in [0.25, 0.3) is 0 Å². The molecule has 96 valence electrons. The van der Waals surface area contributed by atoms with Crippen LogP contribution in [0.4, 0.5) is 0 Å². The summed E-state index contributed by atoms with van der Waals surface area (Å²) in [6.45, 7) is 7.73. The smallest absolute Gasteiger partial charge is 0.0210 e. The molecule has 0 aliphatic heterocycles. The highest BCUT2D eigenvalue weighted by Crippen LogP contribution is 2.10. The van der Waals surface area contributed by atoms with Crippen molar-refractivity contribution >= 4 is 11.8 Å². The number of hydrogen-bond acceptors (Lipinski definition) is 2. The second-order valence-electron chi connectivity index (χ2n) is 4.39. The van der Waals surface area contributed by atoms with Gasteiger partial charge in [-0.3, -0.25) is 0 Å². The molecule has 0 amide bonds. The van der Waals surface area contributed by atoms with Gasteiger partial charge >= 0.3 is 0 Å². The van der Waals surface area contributed by atoms with Crippen LogP contribution in [0.15, 0.2) is 24.3 Å². The van der Waals surface area contributed by atoms with E-state index in [1.54, 1.807) is 0 Å². The van der Waals surface area contributed by atoms with Gasteiger partial charge in [-0.2, -0.15) is 11.8 Å². The third kappa shape index (κ3) is 5.60. The summed E-state index contributed by atoms with van der Waals surface area (Å²) in [4.78, 5) is 0. The Hall–Kier alpha value is -0.470. The molecule has 0 aliphatic rings. The number of thioether (sulfide) groups is 1. The molecule has 1 atom stereocenters. The summed E-state index contributed by atoms with van der Waals surface area (Å²) in [7, 11) is 0. The normalized spacial score (nSPS) is 12.6. The molecule has 0 bridgehead atoms. The molecule has 0 fully saturated rings. The molecule has 17 heavy (non-hydrogen) atoms. The highest BCUT2D eigenvalue weighted by Gasteiger charge is 2.03. The lowest BCUT2D eigenvalue weighted by Crippen LogP contribution is -2.26. The summed E-state index contributed by atoms with van der Waals surface area (Å²) in [5, 5.41) is 3.62. The zero-order valence-electron chi connectivity index (χ0n) is 11.3. The fourth-order valence-corrected chi connectivity index (χ4v) is 2.67. The van der Waals surface area contributed by atoms with Gasteiger partial charge in [0.2, 0.25) is 0 Å². The Morgan fingerprint density at radius 2 is 1.88 bits per heavy atom. The zero-order valence-corrected chi connectivity index (χ0v) is 12.1. The first-order valence-corrected chi connectivity index (χ1v) is 7.81. The van der Waals surface area contributed by atoms with Gasteiger partial charge in [-0.15, -0.1) is 0 Å². The Balaban J connectivity index is 2.33. The molecule has 0 aromatic heterocycles. The summed E-state index contributed by atoms with van der Waals surface area (Å²) in [6.07, 6.45) is 2.38. The van der Waals surface area contributed by atoms with Crippen molar-refractivity contribution in [3.05, 3.63) is 35.4 Å². The summed E-state index contributed by atoms with van der Waals surface area (Å²) in [6, 6.07) is 9.34. The van der Waals surface area contributed by atoms with Crippen LogP contribution in [0.2, 0.25) is 0 Å². The maximum absolute atomic E-state index is 3.62. The first kappa shape index (κ1) is 14.6. The van der Waals surface area contributed by atoms with Crippen molar-refractivity contribution in [2.45, 2.75) is 46.2 Å². The van der Waals surface area contributed by atoms with Crippen molar-refractivity contribution in [3.8, 4) is 0 Å². The van der Waals surface area contributed by atoms with Crippen molar-refractivity contribution in [2.75, 3.05) is 11.5 Å². The van der Waals surface area contributed by atoms with E-state index in [-0.39, 0.29) is 0 Å². The summed E-state index contributed by atoms with van der Waals surface area (Å²) >= 11 is 2.03. The Morgan fingerprint density at radius 1 is 1.18 bits per heavy atom. The van der Waals surface area contributed by atoms with Gasteiger partial charge < -0.3 is 5.32 Å². The van der Waals surface area contributed by atoms with E-state index in [2.05, 4.69) is 50.4 Å². The molecule has 1 unspecified atom stereocenters. The van der Waals surface area contributed by atoms with E-state index in [0.717, 1.165) is 13.0 Å². The molecule has 0 saturated heterocycles. The Labute approximate surface area is 110 Å². The molecule has 1 rings (SSSR count). The lowest BCUT2D eigenvalue weighted by atomic mass is 10.1. The molecule has 0 aliphatic carbocycles. The van der Waals surface area contributed by atoms with Gasteiger partial charge in [0.15, 0.2) is 0 Å². The second kappa shape index (κ2) is 8.60. The van der Waals surface area contributed by atoms with Gasteiger partial charge in [0.1, 0.15) is 0 Å². The highest BCUT2D eigenvalue weighted by molar-refractivity contribution is 7.99. The van der Waals surface area contributed by atoms with Gasteiger partial charge in [0.05, 0.1) is 0 Å². The Morgan fingerprint density at radius 3 is 2.53 bits per heavy atom. The first-order valence-electron chi connectivity index (χ1n) is 6.65. The van der Waals surface area contributed by atoms with Gasteiger partial charge in [-0.05, 0) is 42.4 Å². The zero-order chi connectivity index (χ0) is 12.5. The lowest BCUT2D eigenvalue weighted by molar-refractivity contribution is 0.536. The van der Waals surface area contributed by atoms with Crippen molar-refractivity contribution in [1.29, 1.82) is 0 Å². The lowest BCUT2D eigenvalue weighted by Gasteiger charge is -2.15. The van der Waals surface area contributed by atoms with Crippen molar-refractivity contribution in [3.63, 3.8) is 0 Å². The van der Waals surface area contributed by atoms with Crippen molar-refractivity contribution in [1.82, 2.24) is 5.32 Å². The monoisotopic (exact) mass is 251 g/mol. The maximum atomic E-state index is 3.62. The molecule has 2 heteroatoms. The second-order valence-corrected chi connectivity index (χ2v) is 5.78. The van der Waals surface area contributed by atoms with E-state index in [1.165, 1.54) is 29.1 Å². The molecule has 1 N–H and O–H groups in total. The van der Waals surface area contributed by atoms with Gasteiger partial charge in [-0.25, -0.2) is 0 Å². The van der Waals surface area contributed by atoms with Gasteiger partial charge in [0.25, 0.3) is 0 Å². The quantitative estimate of drug-likeness (QED) is 0.704. The number of nitrogens with one attached hydrogen (secondary N) is 1. The Bertz CT molecular complexity index is 312. The molecular formula is C15H25NS. The fourth-order valence-electron chi connectivity index (χ4n) is 1.87. The summed E-state index contributed by atoms with van der Waals surface area (Å²) in [5.74, 6) is 2.49. The van der Waals surface area contributed by atoms with E-state index in [9.17, 15) is 0 Å². The molecule has 0 spiro atoms. The number of hydrogen-bond donors (Lipinski definition) is 1. The minimum absolute atomic E-state index is 0.610. The molecule has 1 nitrogen and oxygen atoms in total. The molecule has 1 aromatic rings. The molecular weight excluding hydrogens is 226 g/mol. The van der Waals surface area contributed by atoms with E-state index < -0.39 is 0 Å². The van der Waals surface area contributed by atoms with Crippen LogP contribution in [0.3, 0.4) is 0 Å². The Kier molecular flexibility index (Phi) is 7.38. The van der Waals surface area contributed by atoms with Crippen molar-refractivity contribution in [2.24, 2.45) is 0 Å². The van der Waals surface area contributed by atoms with Gasteiger partial charge in [0, 0.05) is 12.6 Å². The third-order valence-corrected chi connectivity index (χ3v) is 3.97. The van der Waals surface area contributed by atoms with E-state index in [0.29, 0.717) is 6.04 Å². The number of rotatable bonds is 8. The van der Waals surface area contributed by atoms with Crippen LogP contribution >= 0.6 is 11.8 Å². The SMILES string of the molecule is CCSCCC(C)NCc1ccccc1CC. The number of benzene rings is 1. The predicted octanol–water partition coefficient (Wildman–Crippen LogP) is 3.87. The summed E-state index contributed by atoms with van der Waals surface area (Å²) in [5.41, 5.74) is 2.92. The van der Waals surface area contributed by atoms with Crippen molar-refractivity contribution < 1.29 is 0 Å². The van der Waals surface area contributed by atoms with E-state index >= 15 is 0 Å². The third-order valence-electron chi connectivity index (χ3n) is 3.04. The van der Waals surface area contributed by atoms with Crippen LogP contribution in [-0.4, -0.2) is 17.5 Å². The number of aryl methyl sites for hydroxylation is 1. The highest BCUT2D eigenvalue weighted by atomic mass is 32.2. The predicted molar refractivity (Wildman–Crippen MR) is 79.7 cm³/mol. The molecule has 0 saturated carbocycles. The summed E-state index contributed by atoms with van der Waals surface area (Å²) < 4.78 is 0. The fraction of sp³-hybridized carbons (Fsp3) is 0.600. The minimum atomic E-state index is 0.610. The minimum Gasteiger partial charge on any atom is -0.310 e.